The number of carbonyl (C=O) groups is 1. The van der Waals surface area contributed by atoms with Gasteiger partial charge in [-0.3, -0.25) is 4.79 Å². The van der Waals surface area contributed by atoms with Crippen molar-refractivity contribution < 1.29 is 27.4 Å². The van der Waals surface area contributed by atoms with E-state index < -0.39 is 29.6 Å². The van der Waals surface area contributed by atoms with E-state index in [2.05, 4.69) is 0 Å². The molecule has 1 aromatic carbocycles. The number of carbonyl (C=O) groups excluding carboxylic acids is 1. The fraction of sp³-hybridized carbons (Fsp3) is 0.588. The van der Waals surface area contributed by atoms with E-state index in [0.717, 1.165) is 5.56 Å². The van der Waals surface area contributed by atoms with Crippen LogP contribution in [0.3, 0.4) is 0 Å². The molecular weight excluding hydrogens is 309 g/mol. The summed E-state index contributed by atoms with van der Waals surface area (Å²) >= 11 is 0. The molecule has 2 aliphatic carbocycles. The van der Waals surface area contributed by atoms with E-state index in [1.54, 1.807) is 12.1 Å². The molecule has 1 fully saturated rings. The van der Waals surface area contributed by atoms with E-state index in [1.165, 1.54) is 14.0 Å². The predicted octanol–water partition coefficient (Wildman–Crippen LogP) is 4.00. The molecular formula is C17H19F3O3. The lowest BCUT2D eigenvalue weighted by Gasteiger charge is -2.44. The third-order valence-corrected chi connectivity index (χ3v) is 5.28. The van der Waals surface area contributed by atoms with Crippen LogP contribution in [0.2, 0.25) is 0 Å². The number of fused-ring (bicyclic) bond motifs is 3. The summed E-state index contributed by atoms with van der Waals surface area (Å²) in [7, 11) is 1.54. The van der Waals surface area contributed by atoms with E-state index in [9.17, 15) is 18.0 Å². The van der Waals surface area contributed by atoms with E-state index in [1.807, 2.05) is 6.07 Å². The molecule has 0 heterocycles. The number of esters is 1. The second-order valence-corrected chi connectivity index (χ2v) is 6.33. The van der Waals surface area contributed by atoms with Crippen LogP contribution < -0.4 is 4.74 Å². The van der Waals surface area contributed by atoms with Gasteiger partial charge in [-0.05, 0) is 48.9 Å². The average Bonchev–Trinajstić information content (AvgIpc) is 2.85. The summed E-state index contributed by atoms with van der Waals surface area (Å²) in [6.45, 7) is 1.17. The van der Waals surface area contributed by atoms with Gasteiger partial charge in [-0.15, -0.1) is 0 Å². The summed E-state index contributed by atoms with van der Waals surface area (Å²) in [6, 6.07) is 5.24. The Morgan fingerprint density at radius 3 is 2.65 bits per heavy atom. The molecule has 3 atom stereocenters. The van der Waals surface area contributed by atoms with Crippen molar-refractivity contribution in [2.75, 3.05) is 7.11 Å². The van der Waals surface area contributed by atoms with Crippen molar-refractivity contribution in [1.29, 1.82) is 0 Å². The lowest BCUT2D eigenvalue weighted by atomic mass is 9.64. The summed E-state index contributed by atoms with van der Waals surface area (Å²) < 4.78 is 52.3. The van der Waals surface area contributed by atoms with Gasteiger partial charge < -0.3 is 9.47 Å². The van der Waals surface area contributed by atoms with Gasteiger partial charge in [0, 0.05) is 12.8 Å². The minimum atomic E-state index is -4.41. The molecule has 0 bridgehead atoms. The van der Waals surface area contributed by atoms with E-state index >= 15 is 0 Å². The molecule has 3 nitrogen and oxygen atoms in total. The number of ether oxygens (including phenoxy) is 2. The summed E-state index contributed by atoms with van der Waals surface area (Å²) in [5, 5.41) is 0. The van der Waals surface area contributed by atoms with Crippen molar-refractivity contribution in [2.24, 2.45) is 5.41 Å². The molecule has 23 heavy (non-hydrogen) atoms. The van der Waals surface area contributed by atoms with Gasteiger partial charge in [-0.2, -0.15) is 13.2 Å². The molecule has 0 N–H and O–H groups in total. The van der Waals surface area contributed by atoms with Gasteiger partial charge in [0.05, 0.1) is 7.11 Å². The van der Waals surface area contributed by atoms with Gasteiger partial charge >= 0.3 is 12.1 Å². The van der Waals surface area contributed by atoms with Crippen LogP contribution in [-0.2, 0) is 16.0 Å². The molecule has 126 valence electrons. The first kappa shape index (κ1) is 16.1. The molecule has 0 radical (unpaired) electrons. The standard InChI is InChI=1S/C17H19F3O3/c1-10(21)23-15-6-5-14-13-4-3-12(22-2)9-11(13)7-8-16(14,15)17(18,19)20/h3-4,9,14-15H,5-8H2,1-2H3/t14-,15+,16-/m1/s1. The van der Waals surface area contributed by atoms with Crippen LogP contribution in [0.5, 0.6) is 5.75 Å². The maximum atomic E-state index is 14.0. The molecule has 2 aliphatic rings. The maximum absolute atomic E-state index is 14.0. The molecule has 0 saturated heterocycles. The highest BCUT2D eigenvalue weighted by Gasteiger charge is 2.68. The maximum Gasteiger partial charge on any atom is 0.398 e. The van der Waals surface area contributed by atoms with Crippen LogP contribution in [0.4, 0.5) is 13.2 Å². The molecule has 0 aliphatic heterocycles. The topological polar surface area (TPSA) is 35.5 Å². The summed E-state index contributed by atoms with van der Waals surface area (Å²) in [5.74, 6) is -0.667. The number of benzene rings is 1. The molecule has 1 aromatic rings. The van der Waals surface area contributed by atoms with Gasteiger partial charge in [-0.25, -0.2) is 0 Å². The summed E-state index contributed by atoms with van der Waals surface area (Å²) in [5.41, 5.74) is -0.359. The Hall–Kier alpha value is -1.72. The predicted molar refractivity (Wildman–Crippen MR) is 77.3 cm³/mol. The molecule has 0 aromatic heterocycles. The van der Waals surface area contributed by atoms with Crippen LogP contribution in [0, 0.1) is 5.41 Å². The number of halogens is 3. The molecule has 0 spiro atoms. The normalized spacial score (nSPS) is 29.6. The Kier molecular flexibility index (Phi) is 3.81. The van der Waals surface area contributed by atoms with Crippen LogP contribution in [-0.4, -0.2) is 25.4 Å². The molecule has 3 rings (SSSR count). The Labute approximate surface area is 132 Å². The van der Waals surface area contributed by atoms with Gasteiger partial charge in [-0.1, -0.05) is 6.07 Å². The Balaban J connectivity index is 2.07. The molecule has 6 heteroatoms. The van der Waals surface area contributed by atoms with Crippen molar-refractivity contribution in [3.8, 4) is 5.75 Å². The minimum absolute atomic E-state index is 0.0563. The fourth-order valence-corrected chi connectivity index (χ4v) is 4.32. The third kappa shape index (κ3) is 2.39. The highest BCUT2D eigenvalue weighted by molar-refractivity contribution is 5.66. The van der Waals surface area contributed by atoms with Crippen molar-refractivity contribution in [2.45, 2.75) is 50.8 Å². The Morgan fingerprint density at radius 2 is 2.04 bits per heavy atom. The van der Waals surface area contributed by atoms with Crippen LogP contribution in [0.15, 0.2) is 18.2 Å². The highest BCUT2D eigenvalue weighted by Crippen LogP contribution is 2.64. The lowest BCUT2D eigenvalue weighted by molar-refractivity contribution is -0.260. The number of alkyl halides is 3. The number of hydrogen-bond donors (Lipinski definition) is 0. The number of aryl methyl sites for hydroxylation is 1. The zero-order valence-corrected chi connectivity index (χ0v) is 13.1. The van der Waals surface area contributed by atoms with Gasteiger partial charge in [0.25, 0.3) is 0 Å². The van der Waals surface area contributed by atoms with Crippen molar-refractivity contribution in [3.05, 3.63) is 29.3 Å². The largest absolute Gasteiger partial charge is 0.497 e. The highest BCUT2D eigenvalue weighted by atomic mass is 19.4. The Bertz CT molecular complexity index is 626. The Morgan fingerprint density at radius 1 is 1.30 bits per heavy atom. The van der Waals surface area contributed by atoms with Gasteiger partial charge in [0.2, 0.25) is 0 Å². The van der Waals surface area contributed by atoms with Gasteiger partial charge in [0.1, 0.15) is 17.3 Å². The van der Waals surface area contributed by atoms with E-state index in [0.29, 0.717) is 24.2 Å². The van der Waals surface area contributed by atoms with Crippen molar-refractivity contribution in [3.63, 3.8) is 0 Å². The van der Waals surface area contributed by atoms with Gasteiger partial charge in [0.15, 0.2) is 0 Å². The number of methoxy groups -OCH3 is 1. The second kappa shape index (κ2) is 5.42. The van der Waals surface area contributed by atoms with Crippen molar-refractivity contribution >= 4 is 5.97 Å². The smallest absolute Gasteiger partial charge is 0.398 e. The zero-order valence-electron chi connectivity index (χ0n) is 13.1. The average molecular weight is 328 g/mol. The van der Waals surface area contributed by atoms with E-state index in [-0.39, 0.29) is 12.8 Å². The molecule has 1 saturated carbocycles. The monoisotopic (exact) mass is 328 g/mol. The fourth-order valence-electron chi connectivity index (χ4n) is 4.32. The van der Waals surface area contributed by atoms with Crippen LogP contribution in [0.25, 0.3) is 0 Å². The summed E-state index contributed by atoms with van der Waals surface area (Å²) in [4.78, 5) is 11.3. The first-order valence-electron chi connectivity index (χ1n) is 7.70. The SMILES string of the molecule is COc1ccc2c(c1)CC[C@]1(C(F)(F)F)[C@@H](OC(C)=O)CC[C@H]21. The van der Waals surface area contributed by atoms with E-state index in [4.69, 9.17) is 9.47 Å². The number of rotatable bonds is 2. The zero-order chi connectivity index (χ0) is 16.8. The molecule has 0 unspecified atom stereocenters. The first-order chi connectivity index (χ1) is 10.8. The van der Waals surface area contributed by atoms with Crippen molar-refractivity contribution in [1.82, 2.24) is 0 Å². The second-order valence-electron chi connectivity index (χ2n) is 6.33. The third-order valence-electron chi connectivity index (χ3n) is 5.28. The lowest BCUT2D eigenvalue weighted by Crippen LogP contribution is -2.51. The van der Waals surface area contributed by atoms with Crippen LogP contribution >= 0.6 is 0 Å². The van der Waals surface area contributed by atoms with Crippen LogP contribution in [0.1, 0.15) is 43.2 Å². The first-order valence-corrected chi connectivity index (χ1v) is 7.70. The minimum Gasteiger partial charge on any atom is -0.497 e. The number of hydrogen-bond acceptors (Lipinski definition) is 3. The quantitative estimate of drug-likeness (QED) is 0.770. The summed E-state index contributed by atoms with van der Waals surface area (Å²) in [6.07, 6.45) is -4.64. The molecule has 0 amide bonds.